The highest BCUT2D eigenvalue weighted by Gasteiger charge is 2.51. The second-order valence-electron chi connectivity index (χ2n) is 19.6. The summed E-state index contributed by atoms with van der Waals surface area (Å²) >= 11 is 6.93. The zero-order valence-electron chi connectivity index (χ0n) is 41.8. The van der Waals surface area contributed by atoms with Gasteiger partial charge in [-0.05, 0) is 61.4 Å². The number of imide groups is 2. The van der Waals surface area contributed by atoms with E-state index in [-0.39, 0.29) is 71.5 Å². The van der Waals surface area contributed by atoms with Crippen LogP contribution in [0.25, 0.3) is 0 Å². The molecular formula is C49H45B2ClFN9O19. The van der Waals surface area contributed by atoms with Gasteiger partial charge in [0.1, 0.15) is 29.0 Å². The Kier molecular flexibility index (Phi) is 14.8. The maximum absolute atomic E-state index is 15.5. The summed E-state index contributed by atoms with van der Waals surface area (Å²) in [5.41, 5.74) is -1.10. The highest BCUT2D eigenvalue weighted by Crippen LogP contribution is 2.43. The monoisotopic (exact) mass is 1140 g/mol. The number of carboxylic acid groups (broad SMARTS) is 2. The van der Waals surface area contributed by atoms with Gasteiger partial charge in [0.15, 0.2) is 29.6 Å². The van der Waals surface area contributed by atoms with E-state index in [1.54, 1.807) is 0 Å². The second kappa shape index (κ2) is 21.8. The standard InChI is InChI=1S/C49H45B2ClFN9O19/c52-33-25(34(57-48(75)60-18-22-6-3-13-59(22)42(67)43(60)68)40(65)55-30-14-20-4-1-7-26(46(71)72)37(20)80-50(30)77)10-11-29(64)39(33)79-32-12-9-23-19-61(44(69)45(70)62(23)32)49(76)58-36(35-28(53)16-24(63)17-54-35)41(66)56-31-15-21-5-2-8-27(47(73)74)38(21)81-51(31)78/h1-2,4-5,7-8,10-11,16-17,22-23,30-32,34,36,63-64,77-78H,3,6,9,12-15,18-19H2,(H,55,65)(H,56,66)(H,57,75)(H,58,76)(H,71,72)(H,73,74)/t22-,23-,30-,31-,32?,34?,36?/m0/s1. The molecule has 0 aliphatic carbocycles. The summed E-state index contributed by atoms with van der Waals surface area (Å²) in [6, 6.07) is 2.77. The molecule has 0 radical (unpaired) electrons. The van der Waals surface area contributed by atoms with Crippen LogP contribution in [0.1, 0.15) is 80.9 Å². The van der Waals surface area contributed by atoms with Gasteiger partial charge >= 0.3 is 61.9 Å². The largest absolute Gasteiger partial charge is 0.547 e. The predicted octanol–water partition coefficient (Wildman–Crippen LogP) is -0.466. The number of piperazine rings is 2. The van der Waals surface area contributed by atoms with Crippen molar-refractivity contribution in [3.8, 4) is 28.7 Å². The Morgan fingerprint density at radius 1 is 0.728 bits per heavy atom. The van der Waals surface area contributed by atoms with Gasteiger partial charge in [-0.1, -0.05) is 41.9 Å². The maximum atomic E-state index is 15.5. The Balaban J connectivity index is 0.875. The van der Waals surface area contributed by atoms with E-state index < -0.39 is 156 Å². The fourth-order valence-corrected chi connectivity index (χ4v) is 11.0. The van der Waals surface area contributed by atoms with Crippen LogP contribution in [0.2, 0.25) is 5.02 Å². The van der Waals surface area contributed by atoms with Crippen LogP contribution >= 0.6 is 11.6 Å². The van der Waals surface area contributed by atoms with Crippen molar-refractivity contribution in [3.63, 3.8) is 0 Å². The number of hydrogen-bond acceptors (Lipinski definition) is 18. The third kappa shape index (κ3) is 10.4. The van der Waals surface area contributed by atoms with E-state index in [9.17, 15) is 78.4 Å². The molecule has 4 aromatic rings. The SMILES string of the molecule is O=C(O)c1cccc2c1OB(O)[C@@H](NC(=O)C(NC(=O)N1C[C@@H]3CCCN3C(=O)C1=O)c1ccc(O)c(OC3CC[C@H]4CN(C(=O)NC(C(=O)N[C@H]5Cc6cccc(C(=O)O)c6OB5O)c5ncc(O)cc5F)C(=O)C(=O)N34)c1Cl)C2. The normalized spacial score (nSPS) is 21.8. The van der Waals surface area contributed by atoms with Gasteiger partial charge < -0.3 is 70.7 Å². The number of ether oxygens (including phenoxy) is 1. The first-order chi connectivity index (χ1) is 38.6. The second-order valence-corrected chi connectivity index (χ2v) is 20.0. The lowest BCUT2D eigenvalue weighted by Gasteiger charge is -2.38. The van der Waals surface area contributed by atoms with Crippen LogP contribution in [-0.4, -0.2) is 179 Å². The summed E-state index contributed by atoms with van der Waals surface area (Å²) in [4.78, 5) is 142. The maximum Gasteiger partial charge on any atom is 0.547 e. The summed E-state index contributed by atoms with van der Waals surface area (Å²) in [7, 11) is -3.71. The number of phenolic OH excluding ortho intramolecular Hbond substituents is 1. The zero-order chi connectivity index (χ0) is 57.9. The van der Waals surface area contributed by atoms with Gasteiger partial charge in [0.25, 0.3) is 0 Å². The van der Waals surface area contributed by atoms with Crippen LogP contribution < -0.4 is 35.3 Å². The number of carbonyl (C=O) groups is 10. The van der Waals surface area contributed by atoms with Crippen molar-refractivity contribution in [2.45, 2.75) is 80.8 Å². The van der Waals surface area contributed by atoms with Crippen molar-refractivity contribution in [1.82, 2.24) is 45.9 Å². The molecule has 4 fully saturated rings. The number of carbonyl (C=O) groups excluding carboxylic acids is 8. The minimum Gasteiger partial charge on any atom is -0.534 e. The molecule has 0 spiro atoms. The topological polar surface area (TPSA) is 394 Å². The van der Waals surface area contributed by atoms with Crippen molar-refractivity contribution in [3.05, 3.63) is 105 Å². The molecule has 10 N–H and O–H groups in total. The lowest BCUT2D eigenvalue weighted by atomic mass is 9.72. The van der Waals surface area contributed by atoms with Crippen LogP contribution in [0, 0.1) is 5.82 Å². The predicted molar refractivity (Wildman–Crippen MR) is 269 cm³/mol. The molecular weight excluding hydrogens is 1090 g/mol. The van der Waals surface area contributed by atoms with E-state index in [1.165, 1.54) is 41.3 Å². The summed E-state index contributed by atoms with van der Waals surface area (Å²) in [6.45, 7) is -0.495. The van der Waals surface area contributed by atoms with Gasteiger partial charge in [0.2, 0.25) is 11.8 Å². The summed E-state index contributed by atoms with van der Waals surface area (Å²) in [6.07, 6.45) is -0.117. The molecule has 0 bridgehead atoms. The molecule has 10 rings (SSSR count). The molecule has 3 aromatic carbocycles. The number of nitrogens with zero attached hydrogens (tertiary/aromatic N) is 5. The zero-order valence-corrected chi connectivity index (χ0v) is 42.6. The molecule has 10 amide bonds. The van der Waals surface area contributed by atoms with Crippen LogP contribution in [0.4, 0.5) is 14.0 Å². The van der Waals surface area contributed by atoms with E-state index >= 15 is 4.39 Å². The van der Waals surface area contributed by atoms with E-state index in [4.69, 9.17) is 25.6 Å². The van der Waals surface area contributed by atoms with E-state index in [2.05, 4.69) is 26.3 Å². The number of urea groups is 2. The number of para-hydroxylation sites is 2. The number of pyridine rings is 1. The van der Waals surface area contributed by atoms with Crippen molar-refractivity contribution < 1.29 is 96.9 Å². The number of rotatable bonds is 12. The Morgan fingerprint density at radius 3 is 1.86 bits per heavy atom. The molecule has 420 valence electrons. The number of phenols is 1. The number of fused-ring (bicyclic) bond motifs is 4. The molecule has 6 aliphatic rings. The number of nitrogens with one attached hydrogen (secondary N) is 4. The number of amides is 10. The van der Waals surface area contributed by atoms with Gasteiger partial charge in [-0.15, -0.1) is 0 Å². The number of hydrogen-bond donors (Lipinski definition) is 10. The van der Waals surface area contributed by atoms with E-state index in [1.807, 2.05) is 0 Å². The number of carboxylic acids is 2. The van der Waals surface area contributed by atoms with Crippen LogP contribution in [-0.2, 0) is 41.6 Å². The van der Waals surface area contributed by atoms with Crippen molar-refractivity contribution >= 4 is 85.3 Å². The average molecular weight is 1140 g/mol. The van der Waals surface area contributed by atoms with Crippen LogP contribution in [0.15, 0.2) is 60.8 Å². The molecule has 28 nitrogen and oxygen atoms in total. The third-order valence-electron chi connectivity index (χ3n) is 14.7. The first-order valence-electron chi connectivity index (χ1n) is 25.0. The lowest BCUT2D eigenvalue weighted by Crippen LogP contribution is -2.63. The van der Waals surface area contributed by atoms with Crippen molar-refractivity contribution in [1.29, 1.82) is 0 Å². The quantitative estimate of drug-likeness (QED) is 0.0633. The van der Waals surface area contributed by atoms with Gasteiger partial charge in [0.05, 0.1) is 59.4 Å². The van der Waals surface area contributed by atoms with E-state index in [0.29, 0.717) is 35.3 Å². The highest BCUT2D eigenvalue weighted by molar-refractivity contribution is 6.47. The fraction of sp³-hybridized carbons (Fsp3) is 0.327. The Bertz CT molecular complexity index is 3380. The van der Waals surface area contributed by atoms with Gasteiger partial charge in [-0.25, -0.2) is 23.6 Å². The lowest BCUT2D eigenvalue weighted by molar-refractivity contribution is -0.160. The number of aromatic carboxylic acids is 2. The van der Waals surface area contributed by atoms with E-state index in [0.717, 1.165) is 23.2 Å². The molecule has 81 heavy (non-hydrogen) atoms. The first-order valence-corrected chi connectivity index (χ1v) is 25.4. The molecule has 0 saturated carbocycles. The third-order valence-corrected chi connectivity index (χ3v) is 15.1. The molecule has 7 atom stereocenters. The molecule has 3 unspecified atom stereocenters. The molecule has 6 aliphatic heterocycles. The van der Waals surface area contributed by atoms with Crippen LogP contribution in [0.5, 0.6) is 28.7 Å². The van der Waals surface area contributed by atoms with Gasteiger partial charge in [0, 0.05) is 24.6 Å². The number of aromatic nitrogens is 1. The minimum absolute atomic E-state index is 0.0131. The number of aromatic hydroxyl groups is 2. The highest BCUT2D eigenvalue weighted by atomic mass is 35.5. The van der Waals surface area contributed by atoms with Crippen molar-refractivity contribution in [2.75, 3.05) is 19.6 Å². The average Bonchev–Trinajstić information content (AvgIpc) is 4.30. The molecule has 7 heterocycles. The summed E-state index contributed by atoms with van der Waals surface area (Å²) in [5, 5.41) is 71.3. The van der Waals surface area contributed by atoms with Crippen molar-refractivity contribution in [2.24, 2.45) is 0 Å². The first kappa shape index (κ1) is 55.1. The summed E-state index contributed by atoms with van der Waals surface area (Å²) < 4.78 is 32.5. The fourth-order valence-electron chi connectivity index (χ4n) is 10.7. The Hall–Kier alpha value is -9.22. The number of halogens is 2. The Morgan fingerprint density at radius 2 is 1.28 bits per heavy atom. The van der Waals surface area contributed by atoms with Gasteiger partial charge in [-0.3, -0.25) is 48.5 Å². The summed E-state index contributed by atoms with van der Waals surface area (Å²) in [5.74, 6) is -16.2. The molecule has 1 aromatic heterocycles. The van der Waals surface area contributed by atoms with Crippen LogP contribution in [0.3, 0.4) is 0 Å². The molecule has 32 heteroatoms. The Labute approximate surface area is 460 Å². The smallest absolute Gasteiger partial charge is 0.534 e. The minimum atomic E-state index is -2.11. The van der Waals surface area contributed by atoms with Gasteiger partial charge in [-0.2, -0.15) is 0 Å². The number of benzene rings is 3. The molecule has 4 saturated heterocycles.